The number of hydrogen-bond donors (Lipinski definition) is 0. The van der Waals surface area contributed by atoms with E-state index < -0.39 is 0 Å². The van der Waals surface area contributed by atoms with Crippen LogP contribution in [0.3, 0.4) is 0 Å². The maximum atomic E-state index is 8.96. The maximum absolute atomic E-state index is 8.96. The average Bonchev–Trinajstić information content (AvgIpc) is 2.53. The lowest BCUT2D eigenvalue weighted by Crippen LogP contribution is -2.01. The monoisotopic (exact) mass is 321 g/mol. The van der Waals surface area contributed by atoms with Crippen LogP contribution in [-0.4, -0.2) is 7.11 Å². The largest absolute Gasteiger partial charge is 0.496 e. The van der Waals surface area contributed by atoms with Crippen molar-refractivity contribution in [3.05, 3.63) is 58.1 Å². The van der Waals surface area contributed by atoms with Crippen molar-refractivity contribution >= 4 is 23.2 Å². The van der Waals surface area contributed by atoms with Gasteiger partial charge in [0.2, 0.25) is 0 Å². The van der Waals surface area contributed by atoms with Crippen molar-refractivity contribution in [1.82, 2.24) is 0 Å². The molecule has 0 spiro atoms. The molecule has 0 N–H and O–H groups in total. The zero-order chi connectivity index (χ0) is 15.2. The van der Waals surface area contributed by atoms with Crippen molar-refractivity contribution < 1.29 is 9.47 Å². The van der Waals surface area contributed by atoms with Gasteiger partial charge in [-0.05, 0) is 36.4 Å². The molecule has 0 saturated heterocycles. The molecule has 0 aliphatic heterocycles. The lowest BCUT2D eigenvalue weighted by molar-refractivity contribution is 0.294. The Morgan fingerprint density at radius 1 is 1.10 bits per heavy atom. The molecule has 0 radical (unpaired) electrons. The minimum Gasteiger partial charge on any atom is -0.496 e. The molecule has 3 nitrogen and oxygen atoms in total. The molecule has 0 aliphatic rings. The second-order valence-corrected chi connectivity index (χ2v) is 5.02. The molecule has 0 atom stereocenters. The molecule has 2 aromatic carbocycles. The zero-order valence-electron chi connectivity index (χ0n) is 11.4. The third-order valence-corrected chi connectivity index (χ3v) is 3.48. The Kier molecular flexibility index (Phi) is 5.32. The van der Waals surface area contributed by atoms with Gasteiger partial charge >= 0.3 is 0 Å². The summed E-state index contributed by atoms with van der Waals surface area (Å²) in [7, 11) is 1.58. The molecule has 2 aromatic rings. The van der Waals surface area contributed by atoms with Crippen LogP contribution in [0.5, 0.6) is 11.5 Å². The van der Waals surface area contributed by atoms with Crippen LogP contribution in [0.25, 0.3) is 0 Å². The highest BCUT2D eigenvalue weighted by Gasteiger charge is 2.08. The standard InChI is InChI=1S/C16H13Cl2NO2/c1-20-15-4-2-11(9-19)6-13(15)10-21-16-5-3-14(18)7-12(16)8-17/h2-7H,8,10H2,1H3. The fourth-order valence-electron chi connectivity index (χ4n) is 1.91. The van der Waals surface area contributed by atoms with E-state index in [1.807, 2.05) is 0 Å². The Balaban J connectivity index is 2.22. The maximum Gasteiger partial charge on any atom is 0.125 e. The smallest absolute Gasteiger partial charge is 0.125 e. The summed E-state index contributed by atoms with van der Waals surface area (Å²) in [6, 6.07) is 12.6. The summed E-state index contributed by atoms with van der Waals surface area (Å²) < 4.78 is 11.1. The minimum atomic E-state index is 0.282. The van der Waals surface area contributed by atoms with E-state index in [2.05, 4.69) is 6.07 Å². The van der Waals surface area contributed by atoms with Crippen molar-refractivity contribution in [2.24, 2.45) is 0 Å². The highest BCUT2D eigenvalue weighted by molar-refractivity contribution is 6.30. The highest BCUT2D eigenvalue weighted by Crippen LogP contribution is 2.27. The molecule has 0 aromatic heterocycles. The van der Waals surface area contributed by atoms with Crippen molar-refractivity contribution in [3.63, 3.8) is 0 Å². The zero-order valence-corrected chi connectivity index (χ0v) is 12.9. The molecule has 0 aliphatic carbocycles. The van der Waals surface area contributed by atoms with Crippen LogP contribution in [0.15, 0.2) is 36.4 Å². The molecular weight excluding hydrogens is 309 g/mol. The molecule has 0 bridgehead atoms. The van der Waals surface area contributed by atoms with Gasteiger partial charge < -0.3 is 9.47 Å². The predicted octanol–water partition coefficient (Wildman–Crippen LogP) is 4.54. The number of nitrogens with zero attached hydrogens (tertiary/aromatic N) is 1. The van der Waals surface area contributed by atoms with Gasteiger partial charge in [0, 0.05) is 16.1 Å². The minimum absolute atomic E-state index is 0.282. The molecule has 108 valence electrons. The molecule has 0 fully saturated rings. The van der Waals surface area contributed by atoms with Crippen LogP contribution >= 0.6 is 23.2 Å². The number of hydrogen-bond acceptors (Lipinski definition) is 3. The summed E-state index contributed by atoms with van der Waals surface area (Å²) in [4.78, 5) is 0. The number of alkyl halides is 1. The number of rotatable bonds is 5. The number of benzene rings is 2. The quantitative estimate of drug-likeness (QED) is 0.759. The van der Waals surface area contributed by atoms with Crippen LogP contribution in [-0.2, 0) is 12.5 Å². The van der Waals surface area contributed by atoms with E-state index in [1.54, 1.807) is 43.5 Å². The van der Waals surface area contributed by atoms with Gasteiger partial charge in [0.1, 0.15) is 18.1 Å². The third-order valence-electron chi connectivity index (χ3n) is 2.96. The highest BCUT2D eigenvalue weighted by atomic mass is 35.5. The lowest BCUT2D eigenvalue weighted by Gasteiger charge is -2.13. The van der Waals surface area contributed by atoms with Crippen LogP contribution in [0.2, 0.25) is 5.02 Å². The number of halogens is 2. The van der Waals surface area contributed by atoms with Crippen molar-refractivity contribution in [3.8, 4) is 17.6 Å². The summed E-state index contributed by atoms with van der Waals surface area (Å²) in [5.41, 5.74) is 2.18. The van der Waals surface area contributed by atoms with E-state index in [-0.39, 0.29) is 6.61 Å². The molecule has 2 rings (SSSR count). The van der Waals surface area contributed by atoms with Gasteiger partial charge in [0.05, 0.1) is 24.6 Å². The first-order valence-corrected chi connectivity index (χ1v) is 7.13. The second-order valence-electron chi connectivity index (χ2n) is 4.31. The number of methoxy groups -OCH3 is 1. The molecule has 0 heterocycles. The Morgan fingerprint density at radius 3 is 2.52 bits per heavy atom. The van der Waals surface area contributed by atoms with Gasteiger partial charge in [0.15, 0.2) is 0 Å². The van der Waals surface area contributed by atoms with Crippen LogP contribution in [0.4, 0.5) is 0 Å². The van der Waals surface area contributed by atoms with E-state index in [4.69, 9.17) is 37.9 Å². The SMILES string of the molecule is COc1ccc(C#N)cc1COc1ccc(Cl)cc1CCl. The van der Waals surface area contributed by atoms with E-state index in [1.165, 1.54) is 0 Å². The second kappa shape index (κ2) is 7.21. The molecule has 5 heteroatoms. The number of ether oxygens (including phenoxy) is 2. The summed E-state index contributed by atoms with van der Waals surface area (Å²) in [5, 5.41) is 9.57. The summed E-state index contributed by atoms with van der Waals surface area (Å²) in [5.74, 6) is 1.65. The summed E-state index contributed by atoms with van der Waals surface area (Å²) >= 11 is 11.8. The fraction of sp³-hybridized carbons (Fsp3) is 0.188. The van der Waals surface area contributed by atoms with Crippen molar-refractivity contribution in [1.29, 1.82) is 5.26 Å². The van der Waals surface area contributed by atoms with Gasteiger partial charge in [-0.3, -0.25) is 0 Å². The van der Waals surface area contributed by atoms with Crippen LogP contribution in [0.1, 0.15) is 16.7 Å². The Labute approximate surface area is 133 Å². The first-order chi connectivity index (χ1) is 10.2. The Hall–Kier alpha value is -1.89. The van der Waals surface area contributed by atoms with Crippen LogP contribution in [0, 0.1) is 11.3 Å². The van der Waals surface area contributed by atoms with Gasteiger partial charge in [-0.25, -0.2) is 0 Å². The van der Waals surface area contributed by atoms with E-state index >= 15 is 0 Å². The topological polar surface area (TPSA) is 42.2 Å². The van der Waals surface area contributed by atoms with Crippen molar-refractivity contribution in [2.45, 2.75) is 12.5 Å². The average molecular weight is 322 g/mol. The lowest BCUT2D eigenvalue weighted by atomic mass is 10.1. The fourth-order valence-corrected chi connectivity index (χ4v) is 2.31. The first-order valence-electron chi connectivity index (χ1n) is 6.22. The summed E-state index contributed by atoms with van der Waals surface area (Å²) in [6.45, 7) is 0.282. The van der Waals surface area contributed by atoms with Crippen molar-refractivity contribution in [2.75, 3.05) is 7.11 Å². The Morgan fingerprint density at radius 2 is 1.86 bits per heavy atom. The molecule has 0 saturated carbocycles. The molecule has 21 heavy (non-hydrogen) atoms. The summed E-state index contributed by atoms with van der Waals surface area (Å²) in [6.07, 6.45) is 0. The van der Waals surface area contributed by atoms with Crippen LogP contribution < -0.4 is 9.47 Å². The Bertz CT molecular complexity index is 680. The first kappa shape index (κ1) is 15.5. The van der Waals surface area contributed by atoms with E-state index in [0.717, 1.165) is 11.1 Å². The predicted molar refractivity (Wildman–Crippen MR) is 83.1 cm³/mol. The molecule has 0 amide bonds. The third kappa shape index (κ3) is 3.81. The van der Waals surface area contributed by atoms with E-state index in [0.29, 0.717) is 28.0 Å². The van der Waals surface area contributed by atoms with Gasteiger partial charge in [-0.15, -0.1) is 11.6 Å². The molecule has 0 unspecified atom stereocenters. The normalized spacial score (nSPS) is 10.0. The van der Waals surface area contributed by atoms with Gasteiger partial charge in [-0.1, -0.05) is 11.6 Å². The van der Waals surface area contributed by atoms with Gasteiger partial charge in [-0.2, -0.15) is 5.26 Å². The van der Waals surface area contributed by atoms with E-state index in [9.17, 15) is 0 Å². The number of nitriles is 1. The molecular formula is C16H13Cl2NO2. The van der Waals surface area contributed by atoms with Gasteiger partial charge in [0.25, 0.3) is 0 Å².